The Morgan fingerprint density at radius 2 is 2.38 bits per heavy atom. The minimum absolute atomic E-state index is 0.00169. The second-order valence-electron chi connectivity index (χ2n) is 4.18. The first-order chi connectivity index (χ1) is 7.72. The number of carbonyl (C=O) groups excluding carboxylic acids is 1. The summed E-state index contributed by atoms with van der Waals surface area (Å²) in [6, 6.07) is 2.04. The maximum absolute atomic E-state index is 11.0. The molecule has 2 rings (SSSR count). The molecule has 1 aromatic rings. The van der Waals surface area contributed by atoms with Gasteiger partial charge >= 0.3 is 0 Å². The largest absolute Gasteiger partial charge is 0.347 e. The molecule has 0 spiro atoms. The summed E-state index contributed by atoms with van der Waals surface area (Å²) < 4.78 is 1.01. The topological polar surface area (TPSA) is 33.2 Å². The number of carbonyl (C=O) groups is 1. The molecular formula is C12H15BrN2O. The van der Waals surface area contributed by atoms with E-state index in [4.69, 9.17) is 0 Å². The number of hydrogen-bond donors (Lipinski definition) is 0. The smallest absolute Gasteiger partial charge is 0.142 e. The molecule has 4 heteroatoms. The molecule has 1 aromatic heterocycles. The highest BCUT2D eigenvalue weighted by Gasteiger charge is 2.22. The fraction of sp³-hybridized carbons (Fsp3) is 0.500. The summed E-state index contributed by atoms with van der Waals surface area (Å²) in [5, 5.41) is 0. The normalized spacial score (nSPS) is 20.9. The molecule has 1 aliphatic heterocycles. The molecule has 0 saturated carbocycles. The number of pyridine rings is 1. The first kappa shape index (κ1) is 11.6. The molecule has 16 heavy (non-hydrogen) atoms. The molecule has 1 unspecified atom stereocenters. The van der Waals surface area contributed by atoms with Gasteiger partial charge in [-0.15, -0.1) is 0 Å². The molecule has 0 aromatic carbocycles. The number of piperidine rings is 1. The lowest BCUT2D eigenvalue weighted by atomic mass is 10.0. The molecule has 0 aliphatic carbocycles. The van der Waals surface area contributed by atoms with E-state index in [0.29, 0.717) is 0 Å². The zero-order chi connectivity index (χ0) is 11.5. The molecule has 0 N–H and O–H groups in total. The average molecular weight is 283 g/mol. The fourth-order valence-corrected chi connectivity index (χ4v) is 2.28. The Morgan fingerprint density at radius 1 is 1.56 bits per heavy atom. The number of aromatic nitrogens is 1. The molecular weight excluding hydrogens is 268 g/mol. The van der Waals surface area contributed by atoms with Crippen LogP contribution >= 0.6 is 15.9 Å². The van der Waals surface area contributed by atoms with Crippen LogP contribution in [0.3, 0.4) is 0 Å². The lowest BCUT2D eigenvalue weighted by Crippen LogP contribution is -2.41. The van der Waals surface area contributed by atoms with Crippen LogP contribution in [0.5, 0.6) is 0 Å². The maximum Gasteiger partial charge on any atom is 0.142 e. The van der Waals surface area contributed by atoms with Gasteiger partial charge in [0.25, 0.3) is 0 Å². The van der Waals surface area contributed by atoms with E-state index in [9.17, 15) is 4.79 Å². The summed E-state index contributed by atoms with van der Waals surface area (Å²) in [4.78, 5) is 17.5. The van der Waals surface area contributed by atoms with Crippen LogP contribution in [-0.2, 0) is 4.79 Å². The van der Waals surface area contributed by atoms with Crippen LogP contribution in [0.25, 0.3) is 0 Å². The summed E-state index contributed by atoms with van der Waals surface area (Å²) in [5.41, 5.74) is 1.15. The lowest BCUT2D eigenvalue weighted by Gasteiger charge is -2.33. The monoisotopic (exact) mass is 282 g/mol. The first-order valence-electron chi connectivity index (χ1n) is 5.56. The molecule has 1 atom stereocenters. The standard InChI is InChI=1S/C12H15BrN2O/c1-9-6-12(14-7-11(9)13)15-5-3-2-4-10(15)8-16/h6-8,10H,2-5H2,1H3. The highest BCUT2D eigenvalue weighted by atomic mass is 79.9. The van der Waals surface area contributed by atoms with E-state index in [1.54, 1.807) is 6.20 Å². The molecule has 0 amide bonds. The van der Waals surface area contributed by atoms with Crippen LogP contribution in [0.2, 0.25) is 0 Å². The second kappa shape index (κ2) is 4.95. The van der Waals surface area contributed by atoms with Crippen molar-refractivity contribution in [3.8, 4) is 0 Å². The zero-order valence-electron chi connectivity index (χ0n) is 9.32. The van der Waals surface area contributed by atoms with Gasteiger partial charge in [-0.05, 0) is 53.7 Å². The van der Waals surface area contributed by atoms with E-state index in [1.807, 2.05) is 13.0 Å². The fourth-order valence-electron chi connectivity index (χ4n) is 2.06. The Labute approximate surface area is 104 Å². The van der Waals surface area contributed by atoms with E-state index in [-0.39, 0.29) is 6.04 Å². The summed E-state index contributed by atoms with van der Waals surface area (Å²) in [6.45, 7) is 2.96. The Balaban J connectivity index is 2.27. The number of hydrogen-bond acceptors (Lipinski definition) is 3. The Kier molecular flexibility index (Phi) is 3.59. The quantitative estimate of drug-likeness (QED) is 0.782. The average Bonchev–Trinajstić information content (AvgIpc) is 2.32. The number of aldehydes is 1. The molecule has 0 radical (unpaired) electrons. The number of anilines is 1. The van der Waals surface area contributed by atoms with E-state index in [2.05, 4.69) is 25.8 Å². The predicted octanol–water partition coefficient (Wildman–Crippen LogP) is 2.71. The van der Waals surface area contributed by atoms with Crippen molar-refractivity contribution in [1.82, 2.24) is 4.98 Å². The van der Waals surface area contributed by atoms with Gasteiger partial charge in [0.15, 0.2) is 0 Å². The molecule has 1 fully saturated rings. The molecule has 86 valence electrons. The van der Waals surface area contributed by atoms with Gasteiger partial charge < -0.3 is 9.69 Å². The van der Waals surface area contributed by atoms with E-state index >= 15 is 0 Å². The van der Waals surface area contributed by atoms with Gasteiger partial charge in [-0.1, -0.05) is 0 Å². The highest BCUT2D eigenvalue weighted by Crippen LogP contribution is 2.25. The minimum Gasteiger partial charge on any atom is -0.347 e. The van der Waals surface area contributed by atoms with Crippen molar-refractivity contribution in [1.29, 1.82) is 0 Å². The van der Waals surface area contributed by atoms with Crippen molar-refractivity contribution in [2.45, 2.75) is 32.2 Å². The van der Waals surface area contributed by atoms with Crippen molar-refractivity contribution in [2.24, 2.45) is 0 Å². The molecule has 0 bridgehead atoms. The summed E-state index contributed by atoms with van der Waals surface area (Å²) in [7, 11) is 0. The number of nitrogens with zero attached hydrogens (tertiary/aromatic N) is 2. The highest BCUT2D eigenvalue weighted by molar-refractivity contribution is 9.10. The van der Waals surface area contributed by atoms with E-state index in [1.165, 1.54) is 0 Å². The second-order valence-corrected chi connectivity index (χ2v) is 5.04. The van der Waals surface area contributed by atoms with Crippen molar-refractivity contribution >= 4 is 28.0 Å². The van der Waals surface area contributed by atoms with Gasteiger partial charge in [-0.25, -0.2) is 4.98 Å². The minimum atomic E-state index is 0.00169. The Hall–Kier alpha value is -0.900. The van der Waals surface area contributed by atoms with Crippen LogP contribution in [0.15, 0.2) is 16.7 Å². The van der Waals surface area contributed by atoms with Crippen LogP contribution in [-0.4, -0.2) is 23.9 Å². The Bertz CT molecular complexity index is 395. The van der Waals surface area contributed by atoms with Gasteiger partial charge in [0, 0.05) is 17.2 Å². The van der Waals surface area contributed by atoms with Gasteiger partial charge in [0.1, 0.15) is 12.1 Å². The van der Waals surface area contributed by atoms with Gasteiger partial charge in [0.05, 0.1) is 6.04 Å². The van der Waals surface area contributed by atoms with Gasteiger partial charge in [0.2, 0.25) is 0 Å². The summed E-state index contributed by atoms with van der Waals surface area (Å²) in [6.07, 6.45) is 6.07. The van der Waals surface area contributed by atoms with Crippen LogP contribution < -0.4 is 4.90 Å². The van der Waals surface area contributed by atoms with Gasteiger partial charge in [-0.2, -0.15) is 0 Å². The number of rotatable bonds is 2. The maximum atomic E-state index is 11.0. The Morgan fingerprint density at radius 3 is 3.06 bits per heavy atom. The van der Waals surface area contributed by atoms with Crippen molar-refractivity contribution in [3.63, 3.8) is 0 Å². The third kappa shape index (κ3) is 2.26. The third-order valence-corrected chi connectivity index (χ3v) is 3.86. The van der Waals surface area contributed by atoms with Crippen LogP contribution in [0, 0.1) is 6.92 Å². The molecule has 3 nitrogen and oxygen atoms in total. The van der Waals surface area contributed by atoms with Crippen molar-refractivity contribution in [3.05, 3.63) is 22.3 Å². The number of halogens is 1. The van der Waals surface area contributed by atoms with Crippen molar-refractivity contribution in [2.75, 3.05) is 11.4 Å². The zero-order valence-corrected chi connectivity index (χ0v) is 10.9. The van der Waals surface area contributed by atoms with E-state index in [0.717, 1.165) is 47.9 Å². The lowest BCUT2D eigenvalue weighted by molar-refractivity contribution is -0.109. The van der Waals surface area contributed by atoms with Gasteiger partial charge in [-0.3, -0.25) is 0 Å². The summed E-state index contributed by atoms with van der Waals surface area (Å²) >= 11 is 3.43. The van der Waals surface area contributed by atoms with Crippen molar-refractivity contribution < 1.29 is 4.79 Å². The van der Waals surface area contributed by atoms with Crippen LogP contribution in [0.1, 0.15) is 24.8 Å². The number of aryl methyl sites for hydroxylation is 1. The molecule has 1 saturated heterocycles. The first-order valence-corrected chi connectivity index (χ1v) is 6.36. The van der Waals surface area contributed by atoms with Crippen LogP contribution in [0.4, 0.5) is 5.82 Å². The van der Waals surface area contributed by atoms with E-state index < -0.39 is 0 Å². The summed E-state index contributed by atoms with van der Waals surface area (Å²) in [5.74, 6) is 0.914. The predicted molar refractivity (Wildman–Crippen MR) is 67.7 cm³/mol. The third-order valence-electron chi connectivity index (χ3n) is 3.03. The molecule has 2 heterocycles. The SMILES string of the molecule is Cc1cc(N2CCCCC2C=O)ncc1Br. The molecule has 1 aliphatic rings.